The van der Waals surface area contributed by atoms with Crippen LogP contribution in [0.5, 0.6) is 0 Å². The van der Waals surface area contributed by atoms with Crippen LogP contribution in [0.15, 0.2) is 10.2 Å². The first-order valence-electron chi connectivity index (χ1n) is 4.49. The third-order valence-corrected chi connectivity index (χ3v) is 1.49. The summed E-state index contributed by atoms with van der Waals surface area (Å²) in [7, 11) is 0. The molecule has 0 saturated carbocycles. The first-order chi connectivity index (χ1) is 6.81. The largest absolute Gasteiger partial charge is 0.338 e. The van der Waals surface area contributed by atoms with Crippen molar-refractivity contribution in [2.24, 2.45) is 10.2 Å². The molecule has 0 aromatic rings. The molecule has 0 aliphatic carbocycles. The number of nitrogens with one attached hydrogen (secondary N) is 4. The second-order valence-electron chi connectivity index (χ2n) is 2.65. The summed E-state index contributed by atoms with van der Waals surface area (Å²) in [5, 5.41) is 11.5. The van der Waals surface area contributed by atoms with Gasteiger partial charge in [0.2, 0.25) is 0 Å². The van der Waals surface area contributed by atoms with Crippen molar-refractivity contribution in [2.75, 3.05) is 26.2 Å². The molecule has 0 spiro atoms. The number of amides is 2. The Labute approximate surface area is 82.7 Å². The summed E-state index contributed by atoms with van der Waals surface area (Å²) in [6, 6.07) is -0.239. The van der Waals surface area contributed by atoms with Gasteiger partial charge in [0.15, 0.2) is 0 Å². The third kappa shape index (κ3) is 8.57. The van der Waals surface area contributed by atoms with Crippen LogP contribution in [-0.4, -0.2) is 32.2 Å². The smallest absolute Gasteiger partial charge is 0.314 e. The van der Waals surface area contributed by atoms with Gasteiger partial charge in [-0.3, -0.25) is 0 Å². The summed E-state index contributed by atoms with van der Waals surface area (Å²) in [6.45, 7) is 1.79. The van der Waals surface area contributed by atoms with Crippen LogP contribution in [-0.2, 0) is 0 Å². The van der Waals surface area contributed by atoms with E-state index >= 15 is 0 Å². The molecule has 0 saturated heterocycles. The fraction of sp³-hybridized carbons (Fsp3) is 0.857. The van der Waals surface area contributed by atoms with Gasteiger partial charge in [-0.05, 0) is 12.8 Å². The lowest BCUT2D eigenvalue weighted by Gasteiger charge is -2.04. The average molecular weight is 200 g/mol. The Kier molecular flexibility index (Phi) is 8.51. The summed E-state index contributed by atoms with van der Waals surface area (Å²) in [5.41, 5.74) is 13.0. The van der Waals surface area contributed by atoms with Crippen LogP contribution in [0.2, 0.25) is 0 Å². The zero-order chi connectivity index (χ0) is 10.6. The lowest BCUT2D eigenvalue weighted by molar-refractivity contribution is 0.241. The van der Waals surface area contributed by atoms with Gasteiger partial charge in [-0.15, -0.1) is 0 Å². The minimum atomic E-state index is -0.239. The van der Waals surface area contributed by atoms with Gasteiger partial charge in [0.05, 0.1) is 13.1 Å². The van der Waals surface area contributed by atoms with Crippen molar-refractivity contribution < 1.29 is 4.79 Å². The maximum atomic E-state index is 11.0. The number of hydrogen-bond acceptors (Lipinski definition) is 5. The highest BCUT2D eigenvalue weighted by Gasteiger charge is 1.96. The predicted octanol–water partition coefficient (Wildman–Crippen LogP) is 1.13. The summed E-state index contributed by atoms with van der Waals surface area (Å²) >= 11 is 0. The Bertz CT molecular complexity index is 183. The van der Waals surface area contributed by atoms with Gasteiger partial charge in [0, 0.05) is 13.1 Å². The Morgan fingerprint density at radius 2 is 1.64 bits per heavy atom. The van der Waals surface area contributed by atoms with Gasteiger partial charge in [-0.1, -0.05) is 0 Å². The Hall–Kier alpha value is -1.53. The van der Waals surface area contributed by atoms with E-state index in [1.165, 1.54) is 0 Å². The lowest BCUT2D eigenvalue weighted by atomic mass is 10.3. The molecule has 0 aliphatic rings. The molecule has 0 radical (unpaired) electrons. The van der Waals surface area contributed by atoms with Crippen LogP contribution in [0.3, 0.4) is 0 Å². The van der Waals surface area contributed by atoms with Gasteiger partial charge >= 0.3 is 6.03 Å². The number of carbonyl (C=O) groups is 1. The quantitative estimate of drug-likeness (QED) is 0.341. The van der Waals surface area contributed by atoms with E-state index in [9.17, 15) is 4.79 Å². The fourth-order valence-corrected chi connectivity index (χ4v) is 0.806. The lowest BCUT2D eigenvalue weighted by Crippen LogP contribution is -2.37. The minimum Gasteiger partial charge on any atom is -0.338 e. The summed E-state index contributed by atoms with van der Waals surface area (Å²) in [6.07, 6.45) is 1.63. The predicted molar refractivity (Wildman–Crippen MR) is 50.7 cm³/mol. The van der Waals surface area contributed by atoms with Gasteiger partial charge < -0.3 is 10.6 Å². The monoisotopic (exact) mass is 200 g/mol. The highest BCUT2D eigenvalue weighted by atomic mass is 16.2. The number of carbonyl (C=O) groups excluding carboxylic acids is 1. The molecule has 0 aliphatic heterocycles. The van der Waals surface area contributed by atoms with E-state index in [1.807, 2.05) is 0 Å². The standard InChI is InChI=1S/C7H16N6O/c8-12-4-2-1-3-10-7(14)11-5-6-13-9/h8-9H,1-6H2,(H2,10,11,14). The van der Waals surface area contributed by atoms with E-state index in [1.54, 1.807) is 0 Å². The van der Waals surface area contributed by atoms with Crippen molar-refractivity contribution in [2.45, 2.75) is 12.8 Å². The molecule has 0 heterocycles. The molecule has 14 heavy (non-hydrogen) atoms. The second-order valence-corrected chi connectivity index (χ2v) is 2.65. The molecule has 7 heteroatoms. The van der Waals surface area contributed by atoms with E-state index < -0.39 is 0 Å². The summed E-state index contributed by atoms with van der Waals surface area (Å²) in [5.74, 6) is 0. The van der Waals surface area contributed by atoms with Crippen LogP contribution < -0.4 is 10.6 Å². The van der Waals surface area contributed by atoms with Crippen LogP contribution >= 0.6 is 0 Å². The maximum absolute atomic E-state index is 11.0. The Balaban J connectivity index is 3.17. The van der Waals surface area contributed by atoms with Crippen molar-refractivity contribution in [1.29, 1.82) is 11.1 Å². The Morgan fingerprint density at radius 1 is 1.00 bits per heavy atom. The van der Waals surface area contributed by atoms with Crippen molar-refractivity contribution in [1.82, 2.24) is 10.6 Å². The first-order valence-corrected chi connectivity index (χ1v) is 4.49. The molecule has 0 bridgehead atoms. The van der Waals surface area contributed by atoms with E-state index in [4.69, 9.17) is 11.1 Å². The number of unbranched alkanes of at least 4 members (excludes halogenated alkanes) is 1. The average Bonchev–Trinajstić information content (AvgIpc) is 2.18. The van der Waals surface area contributed by atoms with E-state index in [0.29, 0.717) is 26.2 Å². The molecule has 0 atom stereocenters. The first kappa shape index (κ1) is 12.5. The second kappa shape index (κ2) is 9.56. The van der Waals surface area contributed by atoms with Gasteiger partial charge in [-0.2, -0.15) is 10.2 Å². The highest BCUT2D eigenvalue weighted by Crippen LogP contribution is 1.86. The van der Waals surface area contributed by atoms with Crippen molar-refractivity contribution >= 4 is 6.03 Å². The SMILES string of the molecule is N=NCCCCNC(=O)NCCN=N. The molecule has 0 unspecified atom stereocenters. The molecule has 7 nitrogen and oxygen atoms in total. The molecule has 0 fully saturated rings. The van der Waals surface area contributed by atoms with Crippen LogP contribution in [0.25, 0.3) is 0 Å². The van der Waals surface area contributed by atoms with E-state index in [2.05, 4.69) is 20.9 Å². The number of rotatable bonds is 8. The van der Waals surface area contributed by atoms with Gasteiger partial charge in [0.25, 0.3) is 0 Å². The van der Waals surface area contributed by atoms with Gasteiger partial charge in [-0.25, -0.2) is 15.9 Å². The van der Waals surface area contributed by atoms with Crippen LogP contribution in [0.1, 0.15) is 12.8 Å². The van der Waals surface area contributed by atoms with Crippen LogP contribution in [0.4, 0.5) is 4.79 Å². The minimum absolute atomic E-state index is 0.239. The van der Waals surface area contributed by atoms with Crippen molar-refractivity contribution in [3.05, 3.63) is 0 Å². The van der Waals surface area contributed by atoms with Gasteiger partial charge in [0.1, 0.15) is 0 Å². The molecule has 4 N–H and O–H groups in total. The molecular formula is C7H16N6O. The summed E-state index contributed by atoms with van der Waals surface area (Å²) in [4.78, 5) is 11.0. The zero-order valence-electron chi connectivity index (χ0n) is 8.05. The molecule has 2 amide bonds. The molecule has 0 aromatic heterocycles. The number of nitrogens with zero attached hydrogens (tertiary/aromatic N) is 2. The third-order valence-electron chi connectivity index (χ3n) is 1.49. The highest BCUT2D eigenvalue weighted by molar-refractivity contribution is 5.73. The molecular weight excluding hydrogens is 184 g/mol. The topological polar surface area (TPSA) is 114 Å². The number of urea groups is 1. The van der Waals surface area contributed by atoms with Crippen molar-refractivity contribution in [3.8, 4) is 0 Å². The van der Waals surface area contributed by atoms with E-state index in [-0.39, 0.29) is 6.03 Å². The number of hydrogen-bond donors (Lipinski definition) is 4. The maximum Gasteiger partial charge on any atom is 0.314 e. The van der Waals surface area contributed by atoms with E-state index in [0.717, 1.165) is 12.8 Å². The fourth-order valence-electron chi connectivity index (χ4n) is 0.806. The molecule has 0 rings (SSSR count). The Morgan fingerprint density at radius 3 is 2.29 bits per heavy atom. The molecule has 0 aromatic carbocycles. The summed E-state index contributed by atoms with van der Waals surface area (Å²) < 4.78 is 0. The zero-order valence-corrected chi connectivity index (χ0v) is 8.05. The molecule has 80 valence electrons. The van der Waals surface area contributed by atoms with Crippen molar-refractivity contribution in [3.63, 3.8) is 0 Å². The normalized spacial score (nSPS) is 9.14. The van der Waals surface area contributed by atoms with Crippen LogP contribution in [0, 0.1) is 11.1 Å².